The molecule has 0 aromatic carbocycles. The standard InChI is InChI=1S/C14H23N3/c1-14(2,15)8-7-12-6-5-9-16-13(12)17-10-3-4-11-17/h5-6,9H,3-4,7-8,10-11,15H2,1-2H3. The van der Waals surface area contributed by atoms with E-state index in [1.807, 2.05) is 12.3 Å². The van der Waals surface area contributed by atoms with E-state index in [-0.39, 0.29) is 5.54 Å². The first kappa shape index (κ1) is 12.4. The second-order valence-corrected chi connectivity index (χ2v) is 5.67. The highest BCUT2D eigenvalue weighted by molar-refractivity contribution is 5.47. The van der Waals surface area contributed by atoms with Crippen molar-refractivity contribution in [2.45, 2.75) is 45.1 Å². The number of nitrogens with zero attached hydrogens (tertiary/aromatic N) is 2. The van der Waals surface area contributed by atoms with Crippen LogP contribution >= 0.6 is 0 Å². The highest BCUT2D eigenvalue weighted by atomic mass is 15.2. The molecule has 3 heteroatoms. The van der Waals surface area contributed by atoms with Gasteiger partial charge in [-0.1, -0.05) is 6.07 Å². The predicted molar refractivity (Wildman–Crippen MR) is 72.3 cm³/mol. The van der Waals surface area contributed by atoms with Crippen LogP contribution in [0.5, 0.6) is 0 Å². The smallest absolute Gasteiger partial charge is 0.131 e. The maximum atomic E-state index is 6.05. The number of aryl methyl sites for hydroxylation is 1. The van der Waals surface area contributed by atoms with E-state index in [1.165, 1.54) is 24.2 Å². The number of rotatable bonds is 4. The molecule has 0 spiro atoms. The molecule has 2 heterocycles. The number of anilines is 1. The molecular formula is C14H23N3. The van der Waals surface area contributed by atoms with Crippen molar-refractivity contribution in [1.29, 1.82) is 0 Å². The fourth-order valence-corrected chi connectivity index (χ4v) is 2.30. The maximum Gasteiger partial charge on any atom is 0.131 e. The van der Waals surface area contributed by atoms with Crippen molar-refractivity contribution in [3.8, 4) is 0 Å². The molecule has 1 aromatic rings. The monoisotopic (exact) mass is 233 g/mol. The number of hydrogen-bond acceptors (Lipinski definition) is 3. The molecule has 17 heavy (non-hydrogen) atoms. The third-order valence-electron chi connectivity index (χ3n) is 3.31. The van der Waals surface area contributed by atoms with Crippen LogP contribution in [0.25, 0.3) is 0 Å². The van der Waals surface area contributed by atoms with E-state index in [4.69, 9.17) is 5.73 Å². The van der Waals surface area contributed by atoms with Gasteiger partial charge in [0.2, 0.25) is 0 Å². The lowest BCUT2D eigenvalue weighted by atomic mass is 9.97. The Labute approximate surface area is 104 Å². The zero-order valence-corrected chi connectivity index (χ0v) is 10.9. The van der Waals surface area contributed by atoms with Crippen LogP contribution in [0.2, 0.25) is 0 Å². The molecule has 0 atom stereocenters. The van der Waals surface area contributed by atoms with Gasteiger partial charge in [-0.25, -0.2) is 4.98 Å². The van der Waals surface area contributed by atoms with Crippen LogP contribution in [0.4, 0.5) is 5.82 Å². The summed E-state index contributed by atoms with van der Waals surface area (Å²) < 4.78 is 0. The summed E-state index contributed by atoms with van der Waals surface area (Å²) in [4.78, 5) is 6.95. The highest BCUT2D eigenvalue weighted by Gasteiger charge is 2.18. The van der Waals surface area contributed by atoms with Gasteiger partial charge in [-0.3, -0.25) is 0 Å². The van der Waals surface area contributed by atoms with E-state index in [1.54, 1.807) is 0 Å². The summed E-state index contributed by atoms with van der Waals surface area (Å²) in [6, 6.07) is 4.21. The Morgan fingerprint density at radius 3 is 2.71 bits per heavy atom. The van der Waals surface area contributed by atoms with Crippen LogP contribution in [0.1, 0.15) is 38.7 Å². The molecule has 0 amide bonds. The predicted octanol–water partition coefficient (Wildman–Crippen LogP) is 2.35. The van der Waals surface area contributed by atoms with Crippen LogP contribution in [0.3, 0.4) is 0 Å². The van der Waals surface area contributed by atoms with E-state index in [2.05, 4.69) is 29.8 Å². The van der Waals surface area contributed by atoms with Gasteiger partial charge in [0, 0.05) is 24.8 Å². The van der Waals surface area contributed by atoms with E-state index >= 15 is 0 Å². The lowest BCUT2D eigenvalue weighted by Crippen LogP contribution is -2.32. The molecule has 1 saturated heterocycles. The van der Waals surface area contributed by atoms with Crippen molar-refractivity contribution in [3.05, 3.63) is 23.9 Å². The molecule has 3 nitrogen and oxygen atoms in total. The third kappa shape index (κ3) is 3.43. The van der Waals surface area contributed by atoms with Crippen LogP contribution < -0.4 is 10.6 Å². The van der Waals surface area contributed by atoms with Gasteiger partial charge in [0.25, 0.3) is 0 Å². The zero-order valence-electron chi connectivity index (χ0n) is 10.9. The van der Waals surface area contributed by atoms with Crippen LogP contribution in [0, 0.1) is 0 Å². The van der Waals surface area contributed by atoms with Gasteiger partial charge in [-0.05, 0) is 51.2 Å². The summed E-state index contributed by atoms with van der Waals surface area (Å²) in [7, 11) is 0. The molecule has 1 fully saturated rings. The van der Waals surface area contributed by atoms with E-state index in [0.717, 1.165) is 25.9 Å². The average molecular weight is 233 g/mol. The molecule has 0 radical (unpaired) electrons. The van der Waals surface area contributed by atoms with Crippen LogP contribution in [-0.4, -0.2) is 23.6 Å². The fourth-order valence-electron chi connectivity index (χ4n) is 2.30. The minimum atomic E-state index is -0.0991. The third-order valence-corrected chi connectivity index (χ3v) is 3.31. The molecule has 1 aromatic heterocycles. The molecule has 0 saturated carbocycles. The van der Waals surface area contributed by atoms with Crippen molar-refractivity contribution >= 4 is 5.82 Å². The summed E-state index contributed by atoms with van der Waals surface area (Å²) >= 11 is 0. The normalized spacial score (nSPS) is 16.5. The van der Waals surface area contributed by atoms with Crippen molar-refractivity contribution in [3.63, 3.8) is 0 Å². The first-order valence-corrected chi connectivity index (χ1v) is 6.54. The SMILES string of the molecule is CC(C)(N)CCc1cccnc1N1CCCC1. The lowest BCUT2D eigenvalue weighted by molar-refractivity contribution is 0.476. The van der Waals surface area contributed by atoms with Gasteiger partial charge in [-0.15, -0.1) is 0 Å². The summed E-state index contributed by atoms with van der Waals surface area (Å²) in [6.45, 7) is 6.46. The Bertz CT molecular complexity index is 362. The van der Waals surface area contributed by atoms with E-state index in [9.17, 15) is 0 Å². The van der Waals surface area contributed by atoms with Crippen molar-refractivity contribution in [2.75, 3.05) is 18.0 Å². The Morgan fingerprint density at radius 2 is 2.06 bits per heavy atom. The van der Waals surface area contributed by atoms with Gasteiger partial charge in [-0.2, -0.15) is 0 Å². The van der Waals surface area contributed by atoms with Crippen LogP contribution in [0.15, 0.2) is 18.3 Å². The Hall–Kier alpha value is -1.09. The molecule has 94 valence electrons. The second kappa shape index (κ2) is 5.05. The first-order chi connectivity index (χ1) is 8.06. The van der Waals surface area contributed by atoms with E-state index in [0.29, 0.717) is 0 Å². The molecular weight excluding hydrogens is 210 g/mol. The fraction of sp³-hybridized carbons (Fsp3) is 0.643. The summed E-state index contributed by atoms with van der Waals surface area (Å²) in [5.74, 6) is 1.18. The summed E-state index contributed by atoms with van der Waals surface area (Å²) in [5.41, 5.74) is 7.29. The minimum Gasteiger partial charge on any atom is -0.356 e. The van der Waals surface area contributed by atoms with Gasteiger partial charge >= 0.3 is 0 Å². The number of aromatic nitrogens is 1. The molecule has 1 aliphatic heterocycles. The van der Waals surface area contributed by atoms with Gasteiger partial charge in [0.05, 0.1) is 0 Å². The second-order valence-electron chi connectivity index (χ2n) is 5.67. The number of nitrogens with two attached hydrogens (primary N) is 1. The number of pyridine rings is 1. The Morgan fingerprint density at radius 1 is 1.35 bits per heavy atom. The highest BCUT2D eigenvalue weighted by Crippen LogP contribution is 2.24. The van der Waals surface area contributed by atoms with Gasteiger partial charge in [0.15, 0.2) is 0 Å². The Balaban J connectivity index is 2.10. The molecule has 2 rings (SSSR count). The van der Waals surface area contributed by atoms with Gasteiger partial charge in [0.1, 0.15) is 5.82 Å². The molecule has 2 N–H and O–H groups in total. The Kier molecular flexibility index (Phi) is 3.67. The van der Waals surface area contributed by atoms with Crippen molar-refractivity contribution in [1.82, 2.24) is 4.98 Å². The lowest BCUT2D eigenvalue weighted by Gasteiger charge is -2.22. The minimum absolute atomic E-state index is 0.0991. The topological polar surface area (TPSA) is 42.1 Å². The van der Waals surface area contributed by atoms with Gasteiger partial charge < -0.3 is 10.6 Å². The molecule has 1 aliphatic rings. The molecule has 0 bridgehead atoms. The largest absolute Gasteiger partial charge is 0.356 e. The van der Waals surface area contributed by atoms with Crippen molar-refractivity contribution in [2.24, 2.45) is 5.73 Å². The summed E-state index contributed by atoms with van der Waals surface area (Å²) in [5, 5.41) is 0. The van der Waals surface area contributed by atoms with Crippen molar-refractivity contribution < 1.29 is 0 Å². The van der Waals surface area contributed by atoms with E-state index < -0.39 is 0 Å². The average Bonchev–Trinajstić information content (AvgIpc) is 2.79. The number of hydrogen-bond donors (Lipinski definition) is 1. The molecule has 0 aliphatic carbocycles. The quantitative estimate of drug-likeness (QED) is 0.868. The van der Waals surface area contributed by atoms with Crippen LogP contribution in [-0.2, 0) is 6.42 Å². The first-order valence-electron chi connectivity index (χ1n) is 6.54. The molecule has 0 unspecified atom stereocenters. The zero-order chi connectivity index (χ0) is 12.3. The summed E-state index contributed by atoms with van der Waals surface area (Å²) in [6.07, 6.45) is 6.49. The maximum absolute atomic E-state index is 6.05.